The first-order chi connectivity index (χ1) is 24.9. The summed E-state index contributed by atoms with van der Waals surface area (Å²) in [5, 5.41) is 10.6. The molecule has 0 fully saturated rings. The van der Waals surface area contributed by atoms with E-state index in [4.69, 9.17) is 10.1 Å². The highest BCUT2D eigenvalue weighted by atomic mass is 31.2. The molecule has 0 spiro atoms. The summed E-state index contributed by atoms with van der Waals surface area (Å²) >= 11 is 0. The Hall–Kier alpha value is -6.09. The smallest absolute Gasteiger partial charge is 0.182 e. The predicted molar refractivity (Wildman–Crippen MR) is 214 cm³/mol. The van der Waals surface area contributed by atoms with Crippen molar-refractivity contribution in [2.24, 2.45) is 0 Å². The highest BCUT2D eigenvalue weighted by molar-refractivity contribution is 7.70. The summed E-state index contributed by atoms with van der Waals surface area (Å²) in [5.74, 6) is 0.666. The molecule has 0 aliphatic carbocycles. The molecule has 9 rings (SSSR count). The number of fused-ring (bicyclic) bond motifs is 3. The molecule has 0 radical (unpaired) electrons. The summed E-state index contributed by atoms with van der Waals surface area (Å²) in [7, 11) is -2.46. The van der Waals surface area contributed by atoms with Crippen LogP contribution in [0.15, 0.2) is 170 Å². The molecule has 7 aromatic carbocycles. The number of hydrogen-bond donors (Lipinski definition) is 0. The Bertz CT molecular complexity index is 2740. The van der Waals surface area contributed by atoms with Crippen molar-refractivity contribution in [3.63, 3.8) is 0 Å². The molecule has 0 aliphatic rings. The van der Waals surface area contributed by atoms with Crippen LogP contribution >= 0.6 is 7.14 Å². The van der Waals surface area contributed by atoms with Gasteiger partial charge in [0.25, 0.3) is 0 Å². The van der Waals surface area contributed by atoms with E-state index in [1.165, 1.54) is 0 Å². The summed E-state index contributed by atoms with van der Waals surface area (Å²) in [4.78, 5) is 5.26. The average Bonchev–Trinajstić information content (AvgIpc) is 3.61. The maximum Gasteiger partial charge on any atom is 0.182 e. The zero-order valence-electron chi connectivity index (χ0n) is 28.4. The normalized spacial score (nSPS) is 11.8. The Morgan fingerprint density at radius 2 is 1.00 bits per heavy atom. The molecule has 0 amide bonds. The lowest BCUT2D eigenvalue weighted by molar-refractivity contribution is 0.588. The number of nitrogens with zero attached hydrogens (tertiary/aromatic N) is 3. The van der Waals surface area contributed by atoms with Crippen LogP contribution in [0.1, 0.15) is 0 Å². The lowest BCUT2D eigenvalue weighted by Crippen LogP contribution is -2.02. The summed E-state index contributed by atoms with van der Waals surface area (Å²) < 4.78 is 15.1. The fourth-order valence-electron chi connectivity index (χ4n) is 7.34. The monoisotopic (exact) mass is 675 g/mol. The van der Waals surface area contributed by atoms with E-state index in [0.717, 1.165) is 82.6 Å². The lowest BCUT2D eigenvalue weighted by atomic mass is 9.85. The van der Waals surface area contributed by atoms with E-state index in [0.29, 0.717) is 5.82 Å². The van der Waals surface area contributed by atoms with E-state index in [1.54, 1.807) is 0 Å². The van der Waals surface area contributed by atoms with Gasteiger partial charge in [-0.15, -0.1) is 5.10 Å². The van der Waals surface area contributed by atoms with Crippen molar-refractivity contribution in [1.82, 2.24) is 14.6 Å². The van der Waals surface area contributed by atoms with E-state index < -0.39 is 7.14 Å². The zero-order valence-corrected chi connectivity index (χ0v) is 29.3. The van der Waals surface area contributed by atoms with Gasteiger partial charge in [-0.1, -0.05) is 152 Å². The molecule has 2 heterocycles. The predicted octanol–water partition coefficient (Wildman–Crippen LogP) is 11.6. The maximum absolute atomic E-state index is 13.2. The molecule has 0 saturated heterocycles. The highest BCUT2D eigenvalue weighted by Crippen LogP contribution is 2.46. The van der Waals surface area contributed by atoms with Crippen LogP contribution in [-0.4, -0.2) is 27.9 Å². The van der Waals surface area contributed by atoms with Crippen LogP contribution in [0.4, 0.5) is 0 Å². The standard InChI is InChI=1S/C46H34N3OP/c1-51(2,50)35-21-15-20-33(28-35)43-36-22-9-11-24-38(36)44(39-25-12-10-23-37(39)43)40-26-13-14-27-41(40)45-47-46-42(32-18-7-4-8-19-32)29-34(30-49(46)48-45)31-16-5-3-6-17-31/h3-30H,1-2H3. The molecule has 0 N–H and O–H groups in total. The average molecular weight is 676 g/mol. The minimum absolute atomic E-state index is 0.666. The third-order valence-electron chi connectivity index (χ3n) is 9.75. The van der Waals surface area contributed by atoms with E-state index >= 15 is 0 Å². The molecular weight excluding hydrogens is 642 g/mol. The highest BCUT2D eigenvalue weighted by Gasteiger charge is 2.22. The molecule has 5 heteroatoms. The molecule has 0 bridgehead atoms. The fraction of sp³-hybridized carbons (Fsp3) is 0.0435. The van der Waals surface area contributed by atoms with Crippen LogP contribution in [0.5, 0.6) is 0 Å². The SMILES string of the molecule is CP(C)(=O)c1cccc(-c2c3ccccc3c(-c3ccccc3-c3nc4c(-c5ccccc5)cc(-c5ccccc5)cn4n3)c3ccccc23)c1. The Labute approximate surface area is 297 Å². The van der Waals surface area contributed by atoms with Crippen molar-refractivity contribution in [1.29, 1.82) is 0 Å². The Morgan fingerprint density at radius 3 is 1.63 bits per heavy atom. The summed E-state index contributed by atoms with van der Waals surface area (Å²) in [6, 6.07) is 57.0. The van der Waals surface area contributed by atoms with Crippen molar-refractivity contribution in [2.45, 2.75) is 0 Å². The molecular formula is C46H34N3OP. The molecule has 244 valence electrons. The van der Waals surface area contributed by atoms with Crippen LogP contribution in [0.25, 0.3) is 83.1 Å². The van der Waals surface area contributed by atoms with Crippen LogP contribution < -0.4 is 5.30 Å². The van der Waals surface area contributed by atoms with Gasteiger partial charge in [0.2, 0.25) is 0 Å². The number of aromatic nitrogens is 3. The van der Waals surface area contributed by atoms with E-state index in [-0.39, 0.29) is 0 Å². The topological polar surface area (TPSA) is 47.3 Å². The van der Waals surface area contributed by atoms with Gasteiger partial charge in [-0.3, -0.25) is 0 Å². The lowest BCUT2D eigenvalue weighted by Gasteiger charge is -2.19. The number of rotatable bonds is 6. The largest absolute Gasteiger partial charge is 0.319 e. The van der Waals surface area contributed by atoms with Gasteiger partial charge >= 0.3 is 0 Å². The van der Waals surface area contributed by atoms with Gasteiger partial charge in [-0.05, 0) is 80.4 Å². The van der Waals surface area contributed by atoms with Gasteiger partial charge in [0, 0.05) is 28.2 Å². The number of pyridine rings is 1. The van der Waals surface area contributed by atoms with Gasteiger partial charge in [0.1, 0.15) is 7.14 Å². The Kier molecular flexibility index (Phi) is 7.49. The van der Waals surface area contributed by atoms with Crippen molar-refractivity contribution in [2.75, 3.05) is 13.3 Å². The number of hydrogen-bond acceptors (Lipinski definition) is 3. The summed E-state index contributed by atoms with van der Waals surface area (Å²) in [6.07, 6.45) is 2.08. The maximum atomic E-state index is 13.2. The van der Waals surface area contributed by atoms with Crippen molar-refractivity contribution in [3.8, 4) is 55.9 Å². The summed E-state index contributed by atoms with van der Waals surface area (Å²) in [6.45, 7) is 3.67. The summed E-state index contributed by atoms with van der Waals surface area (Å²) in [5.41, 5.74) is 10.5. The number of benzene rings is 7. The fourth-order valence-corrected chi connectivity index (χ4v) is 8.24. The second-order valence-electron chi connectivity index (χ2n) is 13.4. The Morgan fingerprint density at radius 1 is 0.471 bits per heavy atom. The van der Waals surface area contributed by atoms with Crippen molar-refractivity contribution < 1.29 is 4.57 Å². The first-order valence-corrected chi connectivity index (χ1v) is 19.7. The molecule has 51 heavy (non-hydrogen) atoms. The third-order valence-corrected chi connectivity index (χ3v) is 11.3. The van der Waals surface area contributed by atoms with E-state index in [9.17, 15) is 4.57 Å². The molecule has 2 aromatic heterocycles. The Balaban J connectivity index is 1.30. The van der Waals surface area contributed by atoms with Gasteiger partial charge in [0.05, 0.1) is 0 Å². The van der Waals surface area contributed by atoms with Crippen LogP contribution in [-0.2, 0) is 4.57 Å². The van der Waals surface area contributed by atoms with Gasteiger partial charge < -0.3 is 4.57 Å². The van der Waals surface area contributed by atoms with Crippen molar-refractivity contribution >= 4 is 39.6 Å². The van der Waals surface area contributed by atoms with E-state index in [2.05, 4.69) is 146 Å². The third kappa shape index (κ3) is 5.45. The molecule has 9 aromatic rings. The molecule has 0 aliphatic heterocycles. The van der Waals surface area contributed by atoms with Crippen LogP contribution in [0.3, 0.4) is 0 Å². The van der Waals surface area contributed by atoms with E-state index in [1.807, 2.05) is 42.1 Å². The van der Waals surface area contributed by atoms with Crippen LogP contribution in [0.2, 0.25) is 0 Å². The molecule has 0 unspecified atom stereocenters. The van der Waals surface area contributed by atoms with Gasteiger partial charge in [0.15, 0.2) is 11.5 Å². The minimum atomic E-state index is -2.46. The quantitative estimate of drug-likeness (QED) is 0.130. The first kappa shape index (κ1) is 30.9. The second kappa shape index (κ2) is 12.4. The van der Waals surface area contributed by atoms with Gasteiger partial charge in [-0.25, -0.2) is 9.50 Å². The minimum Gasteiger partial charge on any atom is -0.319 e. The molecule has 4 nitrogen and oxygen atoms in total. The van der Waals surface area contributed by atoms with Crippen LogP contribution in [0, 0.1) is 0 Å². The molecule has 0 atom stereocenters. The zero-order chi connectivity index (χ0) is 34.5. The second-order valence-corrected chi connectivity index (χ2v) is 16.6. The molecule has 0 saturated carbocycles. The van der Waals surface area contributed by atoms with Gasteiger partial charge in [-0.2, -0.15) is 0 Å². The first-order valence-electron chi connectivity index (χ1n) is 17.1. The van der Waals surface area contributed by atoms with Crippen molar-refractivity contribution in [3.05, 3.63) is 170 Å².